The number of nitrogens with two attached hydrogens (primary N) is 1. The van der Waals surface area contributed by atoms with Crippen LogP contribution in [-0.4, -0.2) is 29.7 Å². The molecule has 25 heavy (non-hydrogen) atoms. The van der Waals surface area contributed by atoms with Gasteiger partial charge in [-0.2, -0.15) is 5.10 Å². The van der Waals surface area contributed by atoms with Gasteiger partial charge in [-0.3, -0.25) is 5.10 Å². The lowest BCUT2D eigenvalue weighted by Crippen LogP contribution is -2.11. The van der Waals surface area contributed by atoms with E-state index < -0.39 is 16.0 Å². The van der Waals surface area contributed by atoms with Crippen molar-refractivity contribution in [2.45, 2.75) is 11.8 Å². The molecule has 0 fully saturated rings. The topological polar surface area (TPSA) is 126 Å². The molecule has 3 rings (SSSR count). The second kappa shape index (κ2) is 6.15. The zero-order valence-corrected chi connectivity index (χ0v) is 14.0. The van der Waals surface area contributed by atoms with Crippen LogP contribution in [0.1, 0.15) is 16.1 Å². The summed E-state index contributed by atoms with van der Waals surface area (Å²) in [5, 5.41) is 21.2. The van der Waals surface area contributed by atoms with E-state index >= 15 is 0 Å². The molecule has 1 aromatic heterocycles. The smallest absolute Gasteiger partial charge is 0.354 e. The Bertz CT molecular complexity index is 1040. The van der Waals surface area contributed by atoms with Crippen molar-refractivity contribution >= 4 is 16.0 Å². The van der Waals surface area contributed by atoms with Crippen molar-refractivity contribution in [1.29, 1.82) is 0 Å². The molecule has 0 aliphatic carbocycles. The number of aryl methyl sites for hydroxylation is 1. The van der Waals surface area contributed by atoms with Crippen LogP contribution in [-0.2, 0) is 10.0 Å². The van der Waals surface area contributed by atoms with Gasteiger partial charge in [-0.1, -0.05) is 42.0 Å². The number of carboxylic acids is 1. The summed E-state index contributed by atoms with van der Waals surface area (Å²) in [4.78, 5) is 11.5. The third-order valence-corrected chi connectivity index (χ3v) is 4.71. The van der Waals surface area contributed by atoms with Crippen LogP contribution in [0.3, 0.4) is 0 Å². The van der Waals surface area contributed by atoms with Gasteiger partial charge >= 0.3 is 5.97 Å². The quantitative estimate of drug-likeness (QED) is 0.661. The Labute approximate surface area is 144 Å². The van der Waals surface area contributed by atoms with Crippen LogP contribution in [0.4, 0.5) is 0 Å². The number of benzene rings is 2. The summed E-state index contributed by atoms with van der Waals surface area (Å²) in [7, 11) is -3.80. The molecule has 0 aliphatic heterocycles. The van der Waals surface area contributed by atoms with Gasteiger partial charge in [0.15, 0.2) is 5.69 Å². The first-order chi connectivity index (χ1) is 11.8. The number of rotatable bonds is 4. The Kier molecular flexibility index (Phi) is 4.15. The first-order valence-corrected chi connectivity index (χ1v) is 8.84. The summed E-state index contributed by atoms with van der Waals surface area (Å²) in [5.74, 6) is -1.13. The minimum Gasteiger partial charge on any atom is -0.477 e. The average molecular weight is 357 g/mol. The van der Waals surface area contributed by atoms with E-state index in [-0.39, 0.29) is 10.6 Å². The molecule has 0 spiro atoms. The van der Waals surface area contributed by atoms with E-state index in [0.29, 0.717) is 22.4 Å². The minimum atomic E-state index is -3.80. The molecule has 8 heteroatoms. The predicted octanol–water partition coefficient (Wildman–Crippen LogP) is 2.40. The van der Waals surface area contributed by atoms with Gasteiger partial charge in [0.25, 0.3) is 0 Å². The SMILES string of the molecule is Cc1ccc(-c2c(-c3ccc(S(N)(=O)=O)cc3)n[nH]c2C(=O)O)cc1. The van der Waals surface area contributed by atoms with Crippen LogP contribution < -0.4 is 5.14 Å². The number of nitrogens with one attached hydrogen (secondary N) is 1. The van der Waals surface area contributed by atoms with Gasteiger partial charge < -0.3 is 5.11 Å². The van der Waals surface area contributed by atoms with E-state index in [4.69, 9.17) is 5.14 Å². The summed E-state index contributed by atoms with van der Waals surface area (Å²) in [5.41, 5.74) is 3.14. The number of hydrogen-bond donors (Lipinski definition) is 3. The van der Waals surface area contributed by atoms with Crippen molar-refractivity contribution in [3.63, 3.8) is 0 Å². The second-order valence-corrected chi connectivity index (χ2v) is 7.12. The normalized spacial score (nSPS) is 11.4. The van der Waals surface area contributed by atoms with E-state index in [9.17, 15) is 18.3 Å². The van der Waals surface area contributed by atoms with Gasteiger partial charge in [0.1, 0.15) is 5.69 Å². The van der Waals surface area contributed by atoms with E-state index in [0.717, 1.165) is 5.56 Å². The molecule has 128 valence electrons. The van der Waals surface area contributed by atoms with E-state index in [2.05, 4.69) is 10.2 Å². The van der Waals surface area contributed by atoms with Crippen LogP contribution in [0.2, 0.25) is 0 Å². The fourth-order valence-electron chi connectivity index (χ4n) is 2.51. The van der Waals surface area contributed by atoms with E-state index in [1.165, 1.54) is 12.1 Å². The van der Waals surface area contributed by atoms with Gasteiger partial charge in [0.2, 0.25) is 10.0 Å². The maximum absolute atomic E-state index is 11.5. The number of H-pyrrole nitrogens is 1. The number of nitrogens with zero attached hydrogens (tertiary/aromatic N) is 1. The van der Waals surface area contributed by atoms with Crippen molar-refractivity contribution in [3.05, 3.63) is 59.8 Å². The van der Waals surface area contributed by atoms with Crippen molar-refractivity contribution in [2.24, 2.45) is 5.14 Å². The average Bonchev–Trinajstić information content (AvgIpc) is 3.00. The van der Waals surface area contributed by atoms with Crippen molar-refractivity contribution in [2.75, 3.05) is 0 Å². The number of hydrogen-bond acceptors (Lipinski definition) is 4. The lowest BCUT2D eigenvalue weighted by atomic mass is 9.98. The van der Waals surface area contributed by atoms with Gasteiger partial charge in [-0.25, -0.2) is 18.4 Å². The monoisotopic (exact) mass is 357 g/mol. The van der Waals surface area contributed by atoms with Gasteiger partial charge in [-0.15, -0.1) is 0 Å². The first-order valence-electron chi connectivity index (χ1n) is 7.29. The molecule has 0 bridgehead atoms. The Morgan fingerprint density at radius 1 is 1.04 bits per heavy atom. The summed E-state index contributed by atoms with van der Waals surface area (Å²) in [6.45, 7) is 1.93. The summed E-state index contributed by atoms with van der Waals surface area (Å²) in [6, 6.07) is 13.2. The molecular weight excluding hydrogens is 342 g/mol. The molecule has 4 N–H and O–H groups in total. The molecule has 7 nitrogen and oxygen atoms in total. The number of carbonyl (C=O) groups is 1. The fourth-order valence-corrected chi connectivity index (χ4v) is 3.02. The molecule has 0 saturated heterocycles. The third kappa shape index (κ3) is 3.30. The van der Waals surface area contributed by atoms with Crippen LogP contribution in [0.5, 0.6) is 0 Å². The largest absolute Gasteiger partial charge is 0.477 e. The molecule has 0 atom stereocenters. The molecule has 1 heterocycles. The van der Waals surface area contributed by atoms with Crippen molar-refractivity contribution < 1.29 is 18.3 Å². The number of aromatic amines is 1. The third-order valence-electron chi connectivity index (χ3n) is 3.78. The maximum Gasteiger partial charge on any atom is 0.354 e. The minimum absolute atomic E-state index is 0.0258. The molecule has 0 saturated carbocycles. The molecule has 0 radical (unpaired) electrons. The lowest BCUT2D eigenvalue weighted by molar-refractivity contribution is 0.0691. The van der Waals surface area contributed by atoms with Crippen molar-refractivity contribution in [3.8, 4) is 22.4 Å². The maximum atomic E-state index is 11.5. The van der Waals surface area contributed by atoms with Crippen LogP contribution in [0.15, 0.2) is 53.4 Å². The summed E-state index contributed by atoms with van der Waals surface area (Å²) >= 11 is 0. The molecule has 0 unspecified atom stereocenters. The standard InChI is InChI=1S/C17H15N3O4S/c1-10-2-4-11(5-3-10)14-15(19-20-16(14)17(21)22)12-6-8-13(9-7-12)25(18,23)24/h2-9H,1H3,(H,19,20)(H,21,22)(H2,18,23,24). The highest BCUT2D eigenvalue weighted by atomic mass is 32.2. The van der Waals surface area contributed by atoms with Gasteiger partial charge in [-0.05, 0) is 24.6 Å². The highest BCUT2D eigenvalue weighted by Crippen LogP contribution is 2.33. The molecule has 2 aromatic carbocycles. The van der Waals surface area contributed by atoms with Gasteiger partial charge in [0.05, 0.1) is 4.90 Å². The summed E-state index contributed by atoms with van der Waals surface area (Å²) in [6.07, 6.45) is 0. The Morgan fingerprint density at radius 2 is 1.60 bits per heavy atom. The number of aromatic nitrogens is 2. The van der Waals surface area contributed by atoms with Gasteiger partial charge in [0, 0.05) is 11.1 Å². The highest BCUT2D eigenvalue weighted by Gasteiger charge is 2.21. The Hall–Kier alpha value is -2.97. The summed E-state index contributed by atoms with van der Waals surface area (Å²) < 4.78 is 22.7. The van der Waals surface area contributed by atoms with Crippen molar-refractivity contribution in [1.82, 2.24) is 10.2 Å². The lowest BCUT2D eigenvalue weighted by Gasteiger charge is -2.06. The highest BCUT2D eigenvalue weighted by molar-refractivity contribution is 7.89. The predicted molar refractivity (Wildman–Crippen MR) is 92.5 cm³/mol. The zero-order valence-electron chi connectivity index (χ0n) is 13.2. The van der Waals surface area contributed by atoms with Crippen LogP contribution >= 0.6 is 0 Å². The fraction of sp³-hybridized carbons (Fsp3) is 0.0588. The van der Waals surface area contributed by atoms with Crippen LogP contribution in [0, 0.1) is 6.92 Å². The first kappa shape index (κ1) is 16.9. The molecular formula is C17H15N3O4S. The Balaban J connectivity index is 2.17. The zero-order chi connectivity index (χ0) is 18.2. The van der Waals surface area contributed by atoms with Crippen LogP contribution in [0.25, 0.3) is 22.4 Å². The van der Waals surface area contributed by atoms with E-state index in [1.807, 2.05) is 31.2 Å². The second-order valence-electron chi connectivity index (χ2n) is 5.56. The molecule has 3 aromatic rings. The Morgan fingerprint density at radius 3 is 2.12 bits per heavy atom. The van der Waals surface area contributed by atoms with E-state index in [1.54, 1.807) is 12.1 Å². The molecule has 0 amide bonds. The number of sulfonamides is 1. The number of carboxylic acid groups (broad SMARTS) is 1. The molecule has 0 aliphatic rings. The number of aromatic carboxylic acids is 1. The number of primary sulfonamides is 1.